The van der Waals surface area contributed by atoms with Gasteiger partial charge in [-0.05, 0) is 30.4 Å². The molecule has 0 radical (unpaired) electrons. The number of nitrogens with one attached hydrogen (secondary N) is 1. The zero-order valence-corrected chi connectivity index (χ0v) is 15.1. The summed E-state index contributed by atoms with van der Waals surface area (Å²) in [6.07, 6.45) is 5.25. The molecule has 1 saturated carbocycles. The minimum absolute atomic E-state index is 0.0483. The minimum atomic E-state index is 0.0483. The molecule has 2 fully saturated rings. The molecule has 3 atom stereocenters. The summed E-state index contributed by atoms with van der Waals surface area (Å²) in [6, 6.07) is 6.09. The second kappa shape index (κ2) is 7.73. The quantitative estimate of drug-likeness (QED) is 0.897. The SMILES string of the molecule is CC1CCCC(NC(=O)N2CCN(c3ncccc3C#N)CC2)C1C. The highest BCUT2D eigenvalue weighted by molar-refractivity contribution is 5.75. The topological polar surface area (TPSA) is 72.3 Å². The van der Waals surface area contributed by atoms with E-state index in [2.05, 4.69) is 35.1 Å². The number of carbonyl (C=O) groups excluding carboxylic acids is 1. The van der Waals surface area contributed by atoms with E-state index < -0.39 is 0 Å². The number of nitriles is 1. The molecule has 6 heteroatoms. The van der Waals surface area contributed by atoms with E-state index in [9.17, 15) is 10.1 Å². The van der Waals surface area contributed by atoms with E-state index in [0.717, 1.165) is 12.2 Å². The number of pyridine rings is 1. The first-order chi connectivity index (χ1) is 12.1. The van der Waals surface area contributed by atoms with Crippen molar-refractivity contribution >= 4 is 11.8 Å². The first-order valence-corrected chi connectivity index (χ1v) is 9.25. The summed E-state index contributed by atoms with van der Waals surface area (Å²) in [5, 5.41) is 12.5. The fraction of sp³-hybridized carbons (Fsp3) is 0.632. The molecule has 2 heterocycles. The zero-order valence-electron chi connectivity index (χ0n) is 15.1. The van der Waals surface area contributed by atoms with Gasteiger partial charge in [0.1, 0.15) is 11.9 Å². The van der Waals surface area contributed by atoms with Gasteiger partial charge >= 0.3 is 6.03 Å². The Bertz CT molecular complexity index is 647. The average molecular weight is 341 g/mol. The Labute approximate surface area is 149 Å². The number of urea groups is 1. The number of rotatable bonds is 2. The summed E-state index contributed by atoms with van der Waals surface area (Å²) < 4.78 is 0. The molecule has 1 N–H and O–H groups in total. The standard InChI is InChI=1S/C19H27N5O/c1-14-5-3-7-17(15(14)2)22-19(25)24-11-9-23(10-12-24)18-16(13-20)6-4-8-21-18/h4,6,8,14-15,17H,3,5,7,9-12H2,1-2H3,(H,22,25). The van der Waals surface area contributed by atoms with Gasteiger partial charge in [-0.2, -0.15) is 5.26 Å². The smallest absolute Gasteiger partial charge is 0.317 e. The highest BCUT2D eigenvalue weighted by Gasteiger charge is 2.30. The van der Waals surface area contributed by atoms with Crippen molar-refractivity contribution in [2.24, 2.45) is 11.8 Å². The van der Waals surface area contributed by atoms with E-state index in [1.165, 1.54) is 12.8 Å². The van der Waals surface area contributed by atoms with Crippen molar-refractivity contribution in [2.45, 2.75) is 39.2 Å². The van der Waals surface area contributed by atoms with Crippen LogP contribution in [0.3, 0.4) is 0 Å². The largest absolute Gasteiger partial charge is 0.352 e. The van der Waals surface area contributed by atoms with Crippen molar-refractivity contribution in [1.82, 2.24) is 15.2 Å². The van der Waals surface area contributed by atoms with E-state index in [0.29, 0.717) is 43.6 Å². The van der Waals surface area contributed by atoms with E-state index in [-0.39, 0.29) is 12.1 Å². The third-order valence-corrected chi connectivity index (χ3v) is 5.79. The van der Waals surface area contributed by atoms with Crippen molar-refractivity contribution in [3.8, 4) is 6.07 Å². The van der Waals surface area contributed by atoms with Crippen molar-refractivity contribution < 1.29 is 4.79 Å². The van der Waals surface area contributed by atoms with Gasteiger partial charge in [0.05, 0.1) is 5.56 Å². The van der Waals surface area contributed by atoms with Gasteiger partial charge in [-0.1, -0.05) is 26.7 Å². The van der Waals surface area contributed by atoms with Crippen molar-refractivity contribution in [3.63, 3.8) is 0 Å². The van der Waals surface area contributed by atoms with Crippen LogP contribution in [0.25, 0.3) is 0 Å². The van der Waals surface area contributed by atoms with Gasteiger partial charge in [-0.3, -0.25) is 0 Å². The minimum Gasteiger partial charge on any atom is -0.352 e. The molecule has 1 aliphatic carbocycles. The second-order valence-corrected chi connectivity index (χ2v) is 7.28. The number of nitrogens with zero attached hydrogens (tertiary/aromatic N) is 4. The third kappa shape index (κ3) is 3.87. The lowest BCUT2D eigenvalue weighted by Crippen LogP contribution is -2.55. The molecule has 6 nitrogen and oxygen atoms in total. The van der Waals surface area contributed by atoms with E-state index in [1.54, 1.807) is 18.3 Å². The van der Waals surface area contributed by atoms with Crippen LogP contribution in [0, 0.1) is 23.2 Å². The van der Waals surface area contributed by atoms with Crippen LogP contribution in [-0.2, 0) is 0 Å². The average Bonchev–Trinajstić information content (AvgIpc) is 2.65. The molecule has 0 aromatic carbocycles. The van der Waals surface area contributed by atoms with Crippen molar-refractivity contribution in [2.75, 3.05) is 31.1 Å². The van der Waals surface area contributed by atoms with Gasteiger partial charge < -0.3 is 15.1 Å². The van der Waals surface area contributed by atoms with Crippen molar-refractivity contribution in [3.05, 3.63) is 23.9 Å². The van der Waals surface area contributed by atoms with E-state index in [1.807, 2.05) is 4.90 Å². The first-order valence-electron chi connectivity index (χ1n) is 9.25. The van der Waals surface area contributed by atoms with Gasteiger partial charge in [-0.15, -0.1) is 0 Å². The number of carbonyl (C=O) groups is 1. The summed E-state index contributed by atoms with van der Waals surface area (Å²) in [7, 11) is 0. The van der Waals surface area contributed by atoms with Gasteiger partial charge in [0.2, 0.25) is 0 Å². The van der Waals surface area contributed by atoms with Crippen LogP contribution in [0.15, 0.2) is 18.3 Å². The Kier molecular flexibility index (Phi) is 5.42. The molecule has 1 aliphatic heterocycles. The summed E-state index contributed by atoms with van der Waals surface area (Å²) in [4.78, 5) is 20.9. The maximum atomic E-state index is 12.6. The predicted octanol–water partition coefficient (Wildman–Crippen LogP) is 2.61. The Morgan fingerprint density at radius 3 is 2.76 bits per heavy atom. The Morgan fingerprint density at radius 1 is 1.28 bits per heavy atom. The maximum absolute atomic E-state index is 12.6. The molecule has 0 spiro atoms. The first kappa shape index (κ1) is 17.5. The molecule has 1 saturated heterocycles. The number of anilines is 1. The predicted molar refractivity (Wildman–Crippen MR) is 97.2 cm³/mol. The van der Waals surface area contributed by atoms with Crippen LogP contribution >= 0.6 is 0 Å². The molecule has 2 amide bonds. The molecule has 1 aromatic rings. The Morgan fingerprint density at radius 2 is 2.04 bits per heavy atom. The lowest BCUT2D eigenvalue weighted by molar-refractivity contribution is 0.165. The van der Waals surface area contributed by atoms with E-state index >= 15 is 0 Å². The molecule has 3 rings (SSSR count). The molecule has 0 bridgehead atoms. The number of hydrogen-bond donors (Lipinski definition) is 1. The van der Waals surface area contributed by atoms with Crippen LogP contribution < -0.4 is 10.2 Å². The van der Waals surface area contributed by atoms with E-state index in [4.69, 9.17) is 0 Å². The lowest BCUT2D eigenvalue weighted by Gasteiger charge is -2.39. The molecular weight excluding hydrogens is 314 g/mol. The van der Waals surface area contributed by atoms with Gasteiger partial charge in [0.25, 0.3) is 0 Å². The second-order valence-electron chi connectivity index (χ2n) is 7.28. The lowest BCUT2D eigenvalue weighted by atomic mass is 9.78. The normalized spacial score (nSPS) is 26.8. The summed E-state index contributed by atoms with van der Waals surface area (Å²) in [6.45, 7) is 7.25. The number of amides is 2. The van der Waals surface area contributed by atoms with Crippen molar-refractivity contribution in [1.29, 1.82) is 5.26 Å². The molecule has 2 aliphatic rings. The Balaban J connectivity index is 1.55. The highest BCUT2D eigenvalue weighted by Crippen LogP contribution is 2.29. The number of aromatic nitrogens is 1. The number of hydrogen-bond acceptors (Lipinski definition) is 4. The summed E-state index contributed by atoms with van der Waals surface area (Å²) >= 11 is 0. The number of piperazine rings is 1. The van der Waals surface area contributed by atoms with Crippen LogP contribution in [0.4, 0.5) is 10.6 Å². The summed E-state index contributed by atoms with van der Waals surface area (Å²) in [5.74, 6) is 1.93. The van der Waals surface area contributed by atoms with Crippen LogP contribution in [-0.4, -0.2) is 48.1 Å². The molecular formula is C19H27N5O. The maximum Gasteiger partial charge on any atom is 0.317 e. The fourth-order valence-corrected chi connectivity index (χ4v) is 3.89. The third-order valence-electron chi connectivity index (χ3n) is 5.79. The Hall–Kier alpha value is -2.29. The summed E-state index contributed by atoms with van der Waals surface area (Å²) in [5.41, 5.74) is 0.588. The highest BCUT2D eigenvalue weighted by atomic mass is 16.2. The van der Waals surface area contributed by atoms with Crippen LogP contribution in [0.1, 0.15) is 38.7 Å². The van der Waals surface area contributed by atoms with Gasteiger partial charge in [0.15, 0.2) is 0 Å². The fourth-order valence-electron chi connectivity index (χ4n) is 3.89. The van der Waals surface area contributed by atoms with Crippen LogP contribution in [0.2, 0.25) is 0 Å². The molecule has 1 aromatic heterocycles. The van der Waals surface area contributed by atoms with Gasteiger partial charge in [0, 0.05) is 38.4 Å². The molecule has 3 unspecified atom stereocenters. The molecule has 25 heavy (non-hydrogen) atoms. The van der Waals surface area contributed by atoms with Crippen LogP contribution in [0.5, 0.6) is 0 Å². The van der Waals surface area contributed by atoms with Gasteiger partial charge in [-0.25, -0.2) is 9.78 Å². The zero-order chi connectivity index (χ0) is 17.8. The molecule has 134 valence electrons. The monoisotopic (exact) mass is 341 g/mol.